The van der Waals surface area contributed by atoms with Crippen LogP contribution in [0.1, 0.15) is 30.2 Å². The third kappa shape index (κ3) is 2.91. The standard InChI is InChI=1S/C15H20N2S/c1-4-5-6-12-7-9-13(10-8-12)14-11(2)18-15(16-3)17-14/h7-10H,4-6H2,1-3H3,(H,16,17). The summed E-state index contributed by atoms with van der Waals surface area (Å²) in [5.41, 5.74) is 3.74. The summed E-state index contributed by atoms with van der Waals surface area (Å²) in [5.74, 6) is 0. The van der Waals surface area contributed by atoms with Crippen molar-refractivity contribution in [2.75, 3.05) is 12.4 Å². The molecule has 0 saturated carbocycles. The van der Waals surface area contributed by atoms with Crippen molar-refractivity contribution in [1.29, 1.82) is 0 Å². The molecule has 1 aromatic carbocycles. The lowest BCUT2D eigenvalue weighted by molar-refractivity contribution is 0.795. The van der Waals surface area contributed by atoms with E-state index in [1.54, 1.807) is 11.3 Å². The number of benzene rings is 1. The molecule has 0 aliphatic carbocycles. The summed E-state index contributed by atoms with van der Waals surface area (Å²) >= 11 is 1.71. The Bertz CT molecular complexity index is 500. The van der Waals surface area contributed by atoms with E-state index in [1.807, 2.05) is 7.05 Å². The van der Waals surface area contributed by atoms with Gasteiger partial charge in [0.2, 0.25) is 0 Å². The summed E-state index contributed by atoms with van der Waals surface area (Å²) in [6, 6.07) is 8.82. The number of aromatic nitrogens is 1. The number of thiazole rings is 1. The van der Waals surface area contributed by atoms with Gasteiger partial charge >= 0.3 is 0 Å². The third-order valence-corrected chi connectivity index (χ3v) is 4.05. The van der Waals surface area contributed by atoms with Gasteiger partial charge in [0.15, 0.2) is 5.13 Å². The zero-order valence-corrected chi connectivity index (χ0v) is 12.1. The Morgan fingerprint density at radius 1 is 1.22 bits per heavy atom. The maximum Gasteiger partial charge on any atom is 0.183 e. The Balaban J connectivity index is 2.20. The van der Waals surface area contributed by atoms with Crippen molar-refractivity contribution in [2.45, 2.75) is 33.1 Å². The highest BCUT2D eigenvalue weighted by molar-refractivity contribution is 7.15. The van der Waals surface area contributed by atoms with Crippen LogP contribution in [0.5, 0.6) is 0 Å². The van der Waals surface area contributed by atoms with Crippen LogP contribution in [0.4, 0.5) is 5.13 Å². The van der Waals surface area contributed by atoms with E-state index in [0.717, 1.165) is 10.8 Å². The number of aryl methyl sites for hydroxylation is 2. The minimum Gasteiger partial charge on any atom is -0.365 e. The van der Waals surface area contributed by atoms with Gasteiger partial charge in [0.05, 0.1) is 5.69 Å². The predicted octanol–water partition coefficient (Wildman–Crippen LogP) is 4.50. The van der Waals surface area contributed by atoms with Crippen LogP contribution in [-0.4, -0.2) is 12.0 Å². The molecule has 1 heterocycles. The summed E-state index contributed by atoms with van der Waals surface area (Å²) in [7, 11) is 1.91. The molecule has 96 valence electrons. The topological polar surface area (TPSA) is 24.9 Å². The van der Waals surface area contributed by atoms with E-state index in [4.69, 9.17) is 0 Å². The summed E-state index contributed by atoms with van der Waals surface area (Å²) in [6.45, 7) is 4.35. The first-order valence-electron chi connectivity index (χ1n) is 6.49. The monoisotopic (exact) mass is 260 g/mol. The van der Waals surface area contributed by atoms with Crippen molar-refractivity contribution in [3.63, 3.8) is 0 Å². The molecule has 0 amide bonds. The van der Waals surface area contributed by atoms with E-state index in [9.17, 15) is 0 Å². The van der Waals surface area contributed by atoms with Gasteiger partial charge in [0.1, 0.15) is 0 Å². The van der Waals surface area contributed by atoms with Crippen LogP contribution in [0.2, 0.25) is 0 Å². The molecule has 1 aromatic heterocycles. The minimum absolute atomic E-state index is 0.984. The largest absolute Gasteiger partial charge is 0.365 e. The molecule has 18 heavy (non-hydrogen) atoms. The number of anilines is 1. The maximum atomic E-state index is 4.60. The van der Waals surface area contributed by atoms with Crippen LogP contribution in [0.3, 0.4) is 0 Å². The van der Waals surface area contributed by atoms with Crippen molar-refractivity contribution < 1.29 is 0 Å². The van der Waals surface area contributed by atoms with Crippen LogP contribution >= 0.6 is 11.3 Å². The smallest absolute Gasteiger partial charge is 0.183 e. The van der Waals surface area contributed by atoms with Crippen LogP contribution < -0.4 is 5.32 Å². The van der Waals surface area contributed by atoms with Gasteiger partial charge in [-0.1, -0.05) is 37.6 Å². The van der Waals surface area contributed by atoms with Crippen molar-refractivity contribution in [1.82, 2.24) is 4.98 Å². The first-order chi connectivity index (χ1) is 8.74. The highest BCUT2D eigenvalue weighted by Gasteiger charge is 2.08. The molecule has 0 radical (unpaired) electrons. The van der Waals surface area contributed by atoms with E-state index in [1.165, 1.54) is 35.3 Å². The molecule has 0 aliphatic heterocycles. The number of hydrogen-bond donors (Lipinski definition) is 1. The lowest BCUT2D eigenvalue weighted by atomic mass is 10.0. The van der Waals surface area contributed by atoms with E-state index < -0.39 is 0 Å². The summed E-state index contributed by atoms with van der Waals surface area (Å²) in [6.07, 6.45) is 3.69. The molecule has 2 rings (SSSR count). The van der Waals surface area contributed by atoms with Crippen molar-refractivity contribution >= 4 is 16.5 Å². The van der Waals surface area contributed by atoms with E-state index >= 15 is 0 Å². The molecule has 2 aromatic rings. The first kappa shape index (κ1) is 13.1. The SMILES string of the molecule is CCCCc1ccc(-c2nc(NC)sc2C)cc1. The summed E-state index contributed by atoms with van der Waals surface area (Å²) < 4.78 is 0. The Morgan fingerprint density at radius 3 is 2.50 bits per heavy atom. The zero-order valence-electron chi connectivity index (χ0n) is 11.3. The highest BCUT2D eigenvalue weighted by Crippen LogP contribution is 2.30. The number of unbranched alkanes of at least 4 members (excludes halogenated alkanes) is 1. The van der Waals surface area contributed by atoms with Gasteiger partial charge < -0.3 is 5.32 Å². The van der Waals surface area contributed by atoms with Crippen LogP contribution in [-0.2, 0) is 6.42 Å². The molecule has 1 N–H and O–H groups in total. The Hall–Kier alpha value is -1.35. The second-order valence-corrected chi connectivity index (χ2v) is 5.68. The van der Waals surface area contributed by atoms with Gasteiger partial charge in [-0.2, -0.15) is 0 Å². The number of nitrogens with one attached hydrogen (secondary N) is 1. The molecular weight excluding hydrogens is 240 g/mol. The van der Waals surface area contributed by atoms with Crippen LogP contribution in [0, 0.1) is 6.92 Å². The molecule has 0 aliphatic rings. The number of hydrogen-bond acceptors (Lipinski definition) is 3. The quantitative estimate of drug-likeness (QED) is 0.856. The maximum absolute atomic E-state index is 4.60. The lowest BCUT2D eigenvalue weighted by Crippen LogP contribution is -1.88. The predicted molar refractivity (Wildman–Crippen MR) is 80.4 cm³/mol. The van der Waals surface area contributed by atoms with Crippen molar-refractivity contribution in [2.24, 2.45) is 0 Å². The van der Waals surface area contributed by atoms with Gasteiger partial charge in [-0.3, -0.25) is 0 Å². The zero-order chi connectivity index (χ0) is 13.0. The average Bonchev–Trinajstić information content (AvgIpc) is 2.78. The van der Waals surface area contributed by atoms with Crippen LogP contribution in [0.15, 0.2) is 24.3 Å². The second kappa shape index (κ2) is 6.01. The molecule has 0 saturated heterocycles. The van der Waals surface area contributed by atoms with Crippen molar-refractivity contribution in [3.8, 4) is 11.3 Å². The van der Waals surface area contributed by atoms with Gasteiger partial charge in [0.25, 0.3) is 0 Å². The minimum atomic E-state index is 0.984. The fraction of sp³-hybridized carbons (Fsp3) is 0.400. The van der Waals surface area contributed by atoms with E-state index in [0.29, 0.717) is 0 Å². The normalized spacial score (nSPS) is 10.6. The molecule has 0 atom stereocenters. The highest BCUT2D eigenvalue weighted by atomic mass is 32.1. The fourth-order valence-electron chi connectivity index (χ4n) is 1.98. The van der Waals surface area contributed by atoms with Gasteiger partial charge in [-0.25, -0.2) is 4.98 Å². The molecule has 2 nitrogen and oxygen atoms in total. The third-order valence-electron chi connectivity index (χ3n) is 3.06. The molecule has 0 unspecified atom stereocenters. The number of rotatable bonds is 5. The van der Waals surface area contributed by atoms with Crippen LogP contribution in [0.25, 0.3) is 11.3 Å². The Labute approximate surface area is 113 Å². The fourth-order valence-corrected chi connectivity index (χ4v) is 2.77. The summed E-state index contributed by atoms with van der Waals surface area (Å²) in [5, 5.41) is 4.09. The molecule has 3 heteroatoms. The molecular formula is C15H20N2S. The molecule has 0 bridgehead atoms. The van der Waals surface area contributed by atoms with Gasteiger partial charge in [-0.15, -0.1) is 11.3 Å². The molecule has 0 spiro atoms. The van der Waals surface area contributed by atoms with Gasteiger partial charge in [0, 0.05) is 17.5 Å². The average molecular weight is 260 g/mol. The lowest BCUT2D eigenvalue weighted by Gasteiger charge is -2.02. The first-order valence-corrected chi connectivity index (χ1v) is 7.30. The Kier molecular flexibility index (Phi) is 4.37. The van der Waals surface area contributed by atoms with Crippen molar-refractivity contribution in [3.05, 3.63) is 34.7 Å². The number of nitrogens with zero attached hydrogens (tertiary/aromatic N) is 1. The Morgan fingerprint density at radius 2 is 1.94 bits per heavy atom. The van der Waals surface area contributed by atoms with Gasteiger partial charge in [-0.05, 0) is 25.3 Å². The van der Waals surface area contributed by atoms with E-state index in [2.05, 4.69) is 48.4 Å². The summed E-state index contributed by atoms with van der Waals surface area (Å²) in [4.78, 5) is 5.86. The molecule has 0 fully saturated rings. The second-order valence-electron chi connectivity index (χ2n) is 4.47. The van der Waals surface area contributed by atoms with E-state index in [-0.39, 0.29) is 0 Å².